The van der Waals surface area contributed by atoms with Crippen molar-refractivity contribution in [3.63, 3.8) is 0 Å². The minimum atomic E-state index is 1.35. The summed E-state index contributed by atoms with van der Waals surface area (Å²) in [4.78, 5) is 0. The van der Waals surface area contributed by atoms with Gasteiger partial charge in [-0.15, -0.1) is 0 Å². The van der Waals surface area contributed by atoms with E-state index in [2.05, 4.69) is 64.2 Å². The Morgan fingerprint density at radius 3 is 1.38 bits per heavy atom. The van der Waals surface area contributed by atoms with E-state index in [-0.39, 0.29) is 0 Å². The molecule has 0 unspecified atom stereocenters. The summed E-state index contributed by atoms with van der Waals surface area (Å²) in [5, 5.41) is 0. The van der Waals surface area contributed by atoms with Gasteiger partial charge in [0.05, 0.1) is 0 Å². The Morgan fingerprint density at radius 1 is 0.625 bits per heavy atom. The molecule has 0 fully saturated rings. The second-order valence-corrected chi connectivity index (χ2v) is 4.49. The Kier molecular flexibility index (Phi) is 2.82. The van der Waals surface area contributed by atoms with Crippen molar-refractivity contribution < 1.29 is 0 Å². The summed E-state index contributed by atoms with van der Waals surface area (Å²) < 4.78 is 0. The number of fused-ring (bicyclic) bond motifs is 1. The van der Waals surface area contributed by atoms with Gasteiger partial charge in [-0.1, -0.05) is 36.5 Å². The van der Waals surface area contributed by atoms with Crippen LogP contribution >= 0.6 is 0 Å². The second-order valence-electron chi connectivity index (χ2n) is 4.49. The minimum Gasteiger partial charge on any atom is -0.0614 e. The highest BCUT2D eigenvalue weighted by Gasteiger charge is 2.14. The average molecular weight is 210 g/mol. The molecule has 0 aromatic rings. The summed E-state index contributed by atoms with van der Waals surface area (Å²) >= 11 is 0. The highest BCUT2D eigenvalue weighted by molar-refractivity contribution is 5.63. The Morgan fingerprint density at radius 2 is 1.00 bits per heavy atom. The van der Waals surface area contributed by atoms with Crippen LogP contribution in [0.3, 0.4) is 0 Å². The first-order valence-corrected chi connectivity index (χ1v) is 5.74. The molecule has 0 spiro atoms. The van der Waals surface area contributed by atoms with Gasteiger partial charge in [0.1, 0.15) is 0 Å². The third-order valence-electron chi connectivity index (χ3n) is 3.50. The lowest BCUT2D eigenvalue weighted by atomic mass is 9.91. The Bertz CT molecular complexity index is 452. The van der Waals surface area contributed by atoms with Crippen LogP contribution in [0.2, 0.25) is 0 Å². The summed E-state index contributed by atoms with van der Waals surface area (Å²) in [7, 11) is 0. The van der Waals surface area contributed by atoms with Crippen molar-refractivity contribution in [1.29, 1.82) is 0 Å². The van der Waals surface area contributed by atoms with E-state index in [0.29, 0.717) is 0 Å². The minimum absolute atomic E-state index is 1.35. The molecule has 0 aromatic heterocycles. The van der Waals surface area contributed by atoms with Crippen molar-refractivity contribution in [2.75, 3.05) is 0 Å². The van der Waals surface area contributed by atoms with Gasteiger partial charge in [0.15, 0.2) is 0 Å². The first-order valence-electron chi connectivity index (χ1n) is 5.74. The summed E-state index contributed by atoms with van der Waals surface area (Å²) in [6.07, 6.45) is 13.1. The number of rotatable bonds is 0. The Hall–Kier alpha value is -1.56. The van der Waals surface area contributed by atoms with Crippen LogP contribution in [0.4, 0.5) is 0 Å². The molecule has 0 amide bonds. The normalized spacial score (nSPS) is 20.2. The van der Waals surface area contributed by atoms with E-state index in [9.17, 15) is 0 Å². The van der Waals surface area contributed by atoms with Crippen LogP contribution in [0.1, 0.15) is 27.7 Å². The average Bonchev–Trinajstić information content (AvgIpc) is 2.48. The molecule has 0 saturated heterocycles. The van der Waals surface area contributed by atoms with Gasteiger partial charge >= 0.3 is 0 Å². The van der Waals surface area contributed by atoms with Crippen LogP contribution in [-0.4, -0.2) is 0 Å². The van der Waals surface area contributed by atoms with Crippen LogP contribution in [0.25, 0.3) is 0 Å². The van der Waals surface area contributed by atoms with Crippen molar-refractivity contribution in [2.45, 2.75) is 27.7 Å². The summed E-state index contributed by atoms with van der Waals surface area (Å²) in [6.45, 7) is 8.74. The molecule has 0 aliphatic heterocycles. The molecule has 0 heterocycles. The van der Waals surface area contributed by atoms with E-state index in [1.165, 1.54) is 33.4 Å². The highest BCUT2D eigenvalue weighted by atomic mass is 14.2. The first kappa shape index (κ1) is 10.9. The zero-order chi connectivity index (χ0) is 11.7. The van der Waals surface area contributed by atoms with Gasteiger partial charge in [-0.3, -0.25) is 0 Å². The van der Waals surface area contributed by atoms with Crippen molar-refractivity contribution >= 4 is 0 Å². The third kappa shape index (κ3) is 1.76. The van der Waals surface area contributed by atoms with Crippen LogP contribution in [0.5, 0.6) is 0 Å². The lowest BCUT2D eigenvalue weighted by molar-refractivity contribution is 1.25. The first-order chi connectivity index (χ1) is 7.61. The van der Waals surface area contributed by atoms with Gasteiger partial charge in [-0.25, -0.2) is 0 Å². The molecule has 16 heavy (non-hydrogen) atoms. The van der Waals surface area contributed by atoms with Crippen LogP contribution < -0.4 is 0 Å². The predicted molar refractivity (Wildman–Crippen MR) is 71.2 cm³/mol. The maximum absolute atomic E-state index is 2.22. The largest absolute Gasteiger partial charge is 0.0614 e. The van der Waals surface area contributed by atoms with Crippen molar-refractivity contribution in [1.82, 2.24) is 0 Å². The van der Waals surface area contributed by atoms with E-state index >= 15 is 0 Å². The standard InChI is InChI=1S/C16H18/c1-11-7-5-9-16-14(4)12(2)8-6-10-15(16)13(11)3/h5-10H,1-4H3. The molecule has 2 aliphatic carbocycles. The summed E-state index contributed by atoms with van der Waals surface area (Å²) in [5.74, 6) is 0. The van der Waals surface area contributed by atoms with Crippen LogP contribution in [-0.2, 0) is 0 Å². The third-order valence-corrected chi connectivity index (χ3v) is 3.50. The Labute approximate surface area is 98.1 Å². The fourth-order valence-corrected chi connectivity index (χ4v) is 2.09. The van der Waals surface area contributed by atoms with Crippen molar-refractivity contribution in [2.24, 2.45) is 0 Å². The molecule has 82 valence electrons. The SMILES string of the molecule is CC1=C(C)C2=CC=CC(C)=C(C)C2=CC=C1. The van der Waals surface area contributed by atoms with Gasteiger partial charge in [0, 0.05) is 0 Å². The molecule has 0 bridgehead atoms. The highest BCUT2D eigenvalue weighted by Crippen LogP contribution is 2.33. The maximum atomic E-state index is 2.22. The summed E-state index contributed by atoms with van der Waals surface area (Å²) in [6, 6.07) is 0. The molecular formula is C16H18. The number of allylic oxidation sites excluding steroid dienone is 12. The fraction of sp³-hybridized carbons (Fsp3) is 0.250. The molecule has 0 saturated carbocycles. The molecule has 2 rings (SSSR count). The van der Waals surface area contributed by atoms with Crippen molar-refractivity contribution in [3.05, 3.63) is 69.9 Å². The number of hydrogen-bond acceptors (Lipinski definition) is 0. The van der Waals surface area contributed by atoms with Gasteiger partial charge in [0.25, 0.3) is 0 Å². The summed E-state index contributed by atoms with van der Waals surface area (Å²) in [5.41, 5.74) is 8.15. The maximum Gasteiger partial charge on any atom is -0.0149 e. The van der Waals surface area contributed by atoms with E-state index < -0.39 is 0 Å². The molecular weight excluding hydrogens is 192 g/mol. The molecule has 0 atom stereocenters. The molecule has 0 radical (unpaired) electrons. The monoisotopic (exact) mass is 210 g/mol. The molecule has 0 N–H and O–H groups in total. The van der Waals surface area contributed by atoms with E-state index in [0.717, 1.165) is 0 Å². The topological polar surface area (TPSA) is 0 Å². The van der Waals surface area contributed by atoms with Gasteiger partial charge in [-0.2, -0.15) is 0 Å². The predicted octanol–water partition coefficient (Wildman–Crippen LogP) is 4.65. The number of hydrogen-bond donors (Lipinski definition) is 0. The van der Waals surface area contributed by atoms with Gasteiger partial charge in [0.2, 0.25) is 0 Å². The van der Waals surface area contributed by atoms with Crippen LogP contribution in [0, 0.1) is 0 Å². The van der Waals surface area contributed by atoms with E-state index in [4.69, 9.17) is 0 Å². The van der Waals surface area contributed by atoms with Crippen molar-refractivity contribution in [3.8, 4) is 0 Å². The molecule has 2 aliphatic rings. The molecule has 0 aromatic carbocycles. The smallest absolute Gasteiger partial charge is 0.0149 e. The van der Waals surface area contributed by atoms with Gasteiger partial charge < -0.3 is 0 Å². The second kappa shape index (κ2) is 4.13. The van der Waals surface area contributed by atoms with Crippen LogP contribution in [0.15, 0.2) is 69.9 Å². The van der Waals surface area contributed by atoms with E-state index in [1.807, 2.05) is 0 Å². The molecule has 0 heteroatoms. The zero-order valence-corrected chi connectivity index (χ0v) is 10.5. The fourth-order valence-electron chi connectivity index (χ4n) is 2.09. The Balaban J connectivity index is 2.66. The lowest BCUT2D eigenvalue weighted by Crippen LogP contribution is -1.94. The van der Waals surface area contributed by atoms with Gasteiger partial charge in [-0.05, 0) is 61.1 Å². The lowest BCUT2D eigenvalue weighted by Gasteiger charge is -2.13. The van der Waals surface area contributed by atoms with E-state index in [1.54, 1.807) is 0 Å². The quantitative estimate of drug-likeness (QED) is 0.546. The molecule has 0 nitrogen and oxygen atoms in total. The zero-order valence-electron chi connectivity index (χ0n) is 10.5.